The summed E-state index contributed by atoms with van der Waals surface area (Å²) >= 11 is 0. The number of fused-ring (bicyclic) bond motifs is 1. The predicted octanol–water partition coefficient (Wildman–Crippen LogP) is 3.93. The Hall–Kier alpha value is -3.87. The minimum Gasteiger partial charge on any atom is -0.451 e. The van der Waals surface area contributed by atoms with E-state index in [1.165, 1.54) is 0 Å². The lowest BCUT2D eigenvalue weighted by atomic mass is 10.1. The first-order chi connectivity index (χ1) is 14.9. The summed E-state index contributed by atoms with van der Waals surface area (Å²) in [6.45, 7) is 2.37. The zero-order valence-corrected chi connectivity index (χ0v) is 17.8. The molecule has 0 atom stereocenters. The van der Waals surface area contributed by atoms with Crippen LogP contribution in [0.25, 0.3) is 11.0 Å². The second-order valence-electron chi connectivity index (χ2n) is 7.65. The first-order valence-electron chi connectivity index (χ1n) is 10.0. The molecule has 2 amide bonds. The molecular formula is C24H24N4O3. The quantitative estimate of drug-likeness (QED) is 0.516. The summed E-state index contributed by atoms with van der Waals surface area (Å²) in [6.07, 6.45) is 2.09. The lowest BCUT2D eigenvalue weighted by Gasteiger charge is -2.15. The largest absolute Gasteiger partial charge is 0.451 e. The van der Waals surface area contributed by atoms with Crippen molar-refractivity contribution in [2.75, 3.05) is 12.4 Å². The molecule has 2 aromatic heterocycles. The molecule has 2 heterocycles. The van der Waals surface area contributed by atoms with Crippen molar-refractivity contribution in [3.8, 4) is 0 Å². The van der Waals surface area contributed by atoms with E-state index >= 15 is 0 Å². The number of carbonyl (C=O) groups is 2. The van der Waals surface area contributed by atoms with E-state index in [0.29, 0.717) is 17.8 Å². The summed E-state index contributed by atoms with van der Waals surface area (Å²) in [6, 6.07) is 16.8. The van der Waals surface area contributed by atoms with Gasteiger partial charge in [0.25, 0.3) is 5.91 Å². The lowest BCUT2D eigenvalue weighted by Crippen LogP contribution is -2.25. The summed E-state index contributed by atoms with van der Waals surface area (Å²) in [7, 11) is 3.58. The number of aryl methyl sites for hydroxylation is 2. The number of hydrogen-bond donors (Lipinski definition) is 1. The van der Waals surface area contributed by atoms with Gasteiger partial charge in [0, 0.05) is 43.5 Å². The Labute approximate surface area is 180 Å². The highest BCUT2D eigenvalue weighted by molar-refractivity contribution is 5.98. The molecule has 2 aromatic carbocycles. The molecule has 0 aliphatic carbocycles. The van der Waals surface area contributed by atoms with E-state index in [0.717, 1.165) is 22.2 Å². The van der Waals surface area contributed by atoms with E-state index in [2.05, 4.69) is 10.4 Å². The van der Waals surface area contributed by atoms with Gasteiger partial charge in [-0.3, -0.25) is 14.3 Å². The van der Waals surface area contributed by atoms with Gasteiger partial charge in [-0.25, -0.2) is 0 Å². The molecule has 7 nitrogen and oxygen atoms in total. The summed E-state index contributed by atoms with van der Waals surface area (Å²) in [5, 5.41) is 7.92. The Morgan fingerprint density at radius 2 is 1.90 bits per heavy atom. The smallest absolute Gasteiger partial charge is 0.289 e. The molecule has 7 heteroatoms. The zero-order chi connectivity index (χ0) is 22.0. The number of rotatable bonds is 6. The van der Waals surface area contributed by atoms with Crippen LogP contribution in [0.4, 0.5) is 5.69 Å². The predicted molar refractivity (Wildman–Crippen MR) is 119 cm³/mol. The SMILES string of the molecule is Cc1nn(C)cc1CC(=O)Nc1ccc2oc(C(=O)N(C)Cc3ccccc3)cc2c1. The number of amides is 2. The van der Waals surface area contributed by atoms with Gasteiger partial charge in [0.15, 0.2) is 5.76 Å². The van der Waals surface area contributed by atoms with Crippen LogP contribution in [-0.4, -0.2) is 33.5 Å². The molecular weight excluding hydrogens is 392 g/mol. The van der Waals surface area contributed by atoms with E-state index in [9.17, 15) is 9.59 Å². The van der Waals surface area contributed by atoms with Gasteiger partial charge in [0.1, 0.15) is 5.58 Å². The van der Waals surface area contributed by atoms with Crippen LogP contribution in [0.5, 0.6) is 0 Å². The van der Waals surface area contributed by atoms with Crippen molar-refractivity contribution in [3.63, 3.8) is 0 Å². The third-order valence-corrected chi connectivity index (χ3v) is 5.09. The molecule has 0 aliphatic heterocycles. The average Bonchev–Trinajstić information content (AvgIpc) is 3.30. The summed E-state index contributed by atoms with van der Waals surface area (Å²) in [4.78, 5) is 26.8. The van der Waals surface area contributed by atoms with Crippen molar-refractivity contribution in [2.45, 2.75) is 19.9 Å². The van der Waals surface area contributed by atoms with E-state index in [-0.39, 0.29) is 24.0 Å². The topological polar surface area (TPSA) is 80.4 Å². The minimum absolute atomic E-state index is 0.127. The maximum absolute atomic E-state index is 12.8. The molecule has 31 heavy (non-hydrogen) atoms. The molecule has 0 saturated heterocycles. The molecule has 0 aliphatic rings. The van der Waals surface area contributed by atoms with Crippen molar-refractivity contribution in [2.24, 2.45) is 7.05 Å². The van der Waals surface area contributed by atoms with Crippen molar-refractivity contribution < 1.29 is 14.0 Å². The number of benzene rings is 2. The van der Waals surface area contributed by atoms with Crippen LogP contribution >= 0.6 is 0 Å². The molecule has 4 rings (SSSR count). The van der Waals surface area contributed by atoms with Crippen molar-refractivity contribution in [1.29, 1.82) is 0 Å². The molecule has 0 spiro atoms. The van der Waals surface area contributed by atoms with Gasteiger partial charge < -0.3 is 14.6 Å². The monoisotopic (exact) mass is 416 g/mol. The highest BCUT2D eigenvalue weighted by Crippen LogP contribution is 2.24. The Kier molecular flexibility index (Phi) is 5.58. The molecule has 4 aromatic rings. The number of anilines is 1. The van der Waals surface area contributed by atoms with Crippen LogP contribution in [0.2, 0.25) is 0 Å². The number of hydrogen-bond acceptors (Lipinski definition) is 4. The van der Waals surface area contributed by atoms with Gasteiger partial charge >= 0.3 is 0 Å². The highest BCUT2D eigenvalue weighted by Gasteiger charge is 2.17. The Balaban J connectivity index is 1.45. The van der Waals surface area contributed by atoms with Crippen molar-refractivity contribution >= 4 is 28.5 Å². The van der Waals surface area contributed by atoms with Gasteiger partial charge in [0.05, 0.1) is 12.1 Å². The van der Waals surface area contributed by atoms with Gasteiger partial charge in [-0.1, -0.05) is 30.3 Å². The Morgan fingerprint density at radius 3 is 2.61 bits per heavy atom. The number of nitrogens with zero attached hydrogens (tertiary/aromatic N) is 3. The van der Waals surface area contributed by atoms with Gasteiger partial charge in [0.2, 0.25) is 5.91 Å². The number of carbonyl (C=O) groups excluding carboxylic acids is 2. The molecule has 0 bridgehead atoms. The van der Waals surface area contributed by atoms with Crippen LogP contribution in [0.3, 0.4) is 0 Å². The third kappa shape index (κ3) is 4.66. The zero-order valence-electron chi connectivity index (χ0n) is 17.8. The van der Waals surface area contributed by atoms with Crippen LogP contribution in [0.15, 0.2) is 65.2 Å². The van der Waals surface area contributed by atoms with Gasteiger partial charge in [-0.05, 0) is 36.8 Å². The molecule has 0 fully saturated rings. The van der Waals surface area contributed by atoms with Crippen LogP contribution in [0.1, 0.15) is 27.4 Å². The molecule has 158 valence electrons. The van der Waals surface area contributed by atoms with Crippen LogP contribution in [-0.2, 0) is 24.8 Å². The number of nitrogens with one attached hydrogen (secondary N) is 1. The first-order valence-corrected chi connectivity index (χ1v) is 10.0. The van der Waals surface area contributed by atoms with Crippen molar-refractivity contribution in [3.05, 3.63) is 83.4 Å². The Bertz CT molecular complexity index is 1240. The maximum Gasteiger partial charge on any atom is 0.289 e. The van der Waals surface area contributed by atoms with Crippen LogP contribution in [0, 0.1) is 6.92 Å². The van der Waals surface area contributed by atoms with Crippen molar-refractivity contribution in [1.82, 2.24) is 14.7 Å². The van der Waals surface area contributed by atoms with Crippen LogP contribution < -0.4 is 5.32 Å². The minimum atomic E-state index is -0.197. The van der Waals surface area contributed by atoms with E-state index in [4.69, 9.17) is 4.42 Å². The third-order valence-electron chi connectivity index (χ3n) is 5.09. The fraction of sp³-hybridized carbons (Fsp3) is 0.208. The average molecular weight is 416 g/mol. The fourth-order valence-electron chi connectivity index (χ4n) is 3.54. The Morgan fingerprint density at radius 1 is 1.13 bits per heavy atom. The standard InChI is InChI=1S/C24H24N4O3/c1-16-19(15-28(3)26-16)13-23(29)25-20-9-10-21-18(11-20)12-22(31-21)24(30)27(2)14-17-7-5-4-6-8-17/h4-12,15H,13-14H2,1-3H3,(H,25,29). The summed E-state index contributed by atoms with van der Waals surface area (Å²) in [5.41, 5.74) is 4.02. The van der Waals surface area contributed by atoms with Gasteiger partial charge in [-0.2, -0.15) is 5.10 Å². The van der Waals surface area contributed by atoms with E-state index in [1.54, 1.807) is 40.9 Å². The van der Waals surface area contributed by atoms with Gasteiger partial charge in [-0.15, -0.1) is 0 Å². The molecule has 0 radical (unpaired) electrons. The van der Waals surface area contributed by atoms with E-state index < -0.39 is 0 Å². The number of furan rings is 1. The maximum atomic E-state index is 12.8. The normalized spacial score (nSPS) is 10.9. The molecule has 0 unspecified atom stereocenters. The first kappa shape index (κ1) is 20.4. The summed E-state index contributed by atoms with van der Waals surface area (Å²) < 4.78 is 7.45. The molecule has 0 saturated carbocycles. The molecule has 1 N–H and O–H groups in total. The number of aromatic nitrogens is 2. The second kappa shape index (κ2) is 8.47. The lowest BCUT2D eigenvalue weighted by molar-refractivity contribution is -0.115. The van der Waals surface area contributed by atoms with E-state index in [1.807, 2.05) is 50.5 Å². The fourth-order valence-corrected chi connectivity index (χ4v) is 3.54. The highest BCUT2D eigenvalue weighted by atomic mass is 16.3. The second-order valence-corrected chi connectivity index (χ2v) is 7.65. The summed E-state index contributed by atoms with van der Waals surface area (Å²) in [5.74, 6) is -0.0570.